The van der Waals surface area contributed by atoms with Crippen molar-refractivity contribution in [3.05, 3.63) is 88.2 Å². The first-order chi connectivity index (χ1) is 13.6. The summed E-state index contributed by atoms with van der Waals surface area (Å²) in [5.74, 6) is -0.506. The molecule has 7 heteroatoms. The number of amides is 1. The zero-order valence-corrected chi connectivity index (χ0v) is 15.8. The van der Waals surface area contributed by atoms with E-state index in [0.29, 0.717) is 16.4 Å². The quantitative estimate of drug-likeness (QED) is 0.577. The van der Waals surface area contributed by atoms with Crippen molar-refractivity contribution >= 4 is 22.4 Å². The molecule has 0 aliphatic heterocycles. The molecule has 2 heterocycles. The third-order valence-corrected chi connectivity index (χ3v) is 4.92. The van der Waals surface area contributed by atoms with Crippen molar-refractivity contribution in [3.63, 3.8) is 0 Å². The van der Waals surface area contributed by atoms with Crippen LogP contribution in [0.2, 0.25) is 0 Å². The van der Waals surface area contributed by atoms with Crippen LogP contribution in [-0.2, 0) is 7.05 Å². The van der Waals surface area contributed by atoms with Crippen LogP contribution in [0.3, 0.4) is 0 Å². The smallest absolute Gasteiger partial charge is 0.280 e. The van der Waals surface area contributed by atoms with Gasteiger partial charge in [0.05, 0.1) is 5.69 Å². The van der Waals surface area contributed by atoms with Crippen LogP contribution in [0.1, 0.15) is 10.4 Å². The van der Waals surface area contributed by atoms with Gasteiger partial charge in [-0.05, 0) is 5.56 Å². The summed E-state index contributed by atoms with van der Waals surface area (Å²) < 4.78 is 1.20. The van der Waals surface area contributed by atoms with Crippen LogP contribution in [-0.4, -0.2) is 20.7 Å². The van der Waals surface area contributed by atoms with Crippen LogP contribution < -0.4 is 10.9 Å². The summed E-state index contributed by atoms with van der Waals surface area (Å²) in [6, 6.07) is 18.8. The number of nitrogens with one attached hydrogen (secondary N) is 1. The molecule has 1 amide bonds. The number of carbonyl (C=O) groups is 1. The van der Waals surface area contributed by atoms with Crippen molar-refractivity contribution in [2.24, 2.45) is 7.05 Å². The molecule has 0 saturated carbocycles. The van der Waals surface area contributed by atoms with Crippen molar-refractivity contribution in [1.29, 1.82) is 0 Å². The van der Waals surface area contributed by atoms with Gasteiger partial charge in [-0.1, -0.05) is 60.7 Å². The van der Waals surface area contributed by atoms with E-state index in [1.54, 1.807) is 18.6 Å². The SMILES string of the molecule is Cn1nc(-c2ccccc2)c(-c2ccccc2)c(C(=O)Nc2nccs2)c1=O. The number of aryl methyl sites for hydroxylation is 1. The molecule has 0 radical (unpaired) electrons. The van der Waals surface area contributed by atoms with Crippen LogP contribution >= 0.6 is 11.3 Å². The van der Waals surface area contributed by atoms with Crippen LogP contribution in [0, 0.1) is 0 Å². The van der Waals surface area contributed by atoms with Gasteiger partial charge in [0.15, 0.2) is 5.13 Å². The van der Waals surface area contributed by atoms with Gasteiger partial charge in [-0.25, -0.2) is 9.67 Å². The molecule has 2 aromatic heterocycles. The van der Waals surface area contributed by atoms with Crippen molar-refractivity contribution in [3.8, 4) is 22.4 Å². The minimum atomic E-state index is -0.506. The Morgan fingerprint density at radius 1 is 1.00 bits per heavy atom. The molecular weight excluding hydrogens is 372 g/mol. The second kappa shape index (κ2) is 7.58. The Hall–Kier alpha value is -3.58. The number of thiazole rings is 1. The van der Waals surface area contributed by atoms with E-state index < -0.39 is 11.5 Å². The predicted octanol–water partition coefficient (Wildman–Crippen LogP) is 3.82. The predicted molar refractivity (Wildman–Crippen MR) is 110 cm³/mol. The highest BCUT2D eigenvalue weighted by atomic mass is 32.1. The van der Waals surface area contributed by atoms with E-state index >= 15 is 0 Å². The molecule has 0 saturated heterocycles. The highest BCUT2D eigenvalue weighted by Crippen LogP contribution is 2.32. The largest absolute Gasteiger partial charge is 0.298 e. The Balaban J connectivity index is 1.99. The van der Waals surface area contributed by atoms with Gasteiger partial charge in [-0.2, -0.15) is 5.10 Å². The lowest BCUT2D eigenvalue weighted by atomic mass is 9.95. The first-order valence-electron chi connectivity index (χ1n) is 8.58. The Labute approximate surface area is 165 Å². The molecule has 0 atom stereocenters. The molecule has 0 spiro atoms. The van der Waals surface area contributed by atoms with Crippen molar-refractivity contribution in [2.75, 3.05) is 5.32 Å². The Morgan fingerprint density at radius 2 is 1.64 bits per heavy atom. The molecule has 28 heavy (non-hydrogen) atoms. The third-order valence-electron chi connectivity index (χ3n) is 4.23. The molecule has 138 valence electrons. The second-order valence-electron chi connectivity index (χ2n) is 6.05. The molecule has 0 unspecified atom stereocenters. The fourth-order valence-corrected chi connectivity index (χ4v) is 3.50. The van der Waals surface area contributed by atoms with E-state index in [-0.39, 0.29) is 5.56 Å². The van der Waals surface area contributed by atoms with Crippen molar-refractivity contribution in [2.45, 2.75) is 0 Å². The Kier molecular flexibility index (Phi) is 4.82. The molecule has 2 aromatic carbocycles. The summed E-state index contributed by atoms with van der Waals surface area (Å²) >= 11 is 1.29. The molecule has 4 rings (SSSR count). The van der Waals surface area contributed by atoms with Gasteiger partial charge in [0.2, 0.25) is 0 Å². The lowest BCUT2D eigenvalue weighted by Gasteiger charge is -2.15. The van der Waals surface area contributed by atoms with E-state index in [2.05, 4.69) is 15.4 Å². The van der Waals surface area contributed by atoms with E-state index in [1.807, 2.05) is 60.7 Å². The lowest BCUT2D eigenvalue weighted by molar-refractivity contribution is 0.102. The first-order valence-corrected chi connectivity index (χ1v) is 9.46. The van der Waals surface area contributed by atoms with Crippen molar-refractivity contribution < 1.29 is 4.79 Å². The van der Waals surface area contributed by atoms with Crippen LogP contribution in [0.5, 0.6) is 0 Å². The minimum absolute atomic E-state index is 0.0396. The van der Waals surface area contributed by atoms with Gasteiger partial charge in [0, 0.05) is 29.8 Å². The zero-order chi connectivity index (χ0) is 19.5. The average molecular weight is 388 g/mol. The van der Waals surface area contributed by atoms with Gasteiger partial charge in [-0.15, -0.1) is 11.3 Å². The molecule has 0 aliphatic carbocycles. The molecular formula is C21H16N4O2S. The number of nitrogens with zero attached hydrogens (tertiary/aromatic N) is 3. The summed E-state index contributed by atoms with van der Waals surface area (Å²) in [7, 11) is 1.55. The van der Waals surface area contributed by atoms with E-state index in [9.17, 15) is 9.59 Å². The number of hydrogen-bond acceptors (Lipinski definition) is 5. The first kappa shape index (κ1) is 17.8. The van der Waals surface area contributed by atoms with Gasteiger partial charge >= 0.3 is 0 Å². The number of anilines is 1. The standard InChI is InChI=1S/C21H16N4O2S/c1-25-20(27)17(19(26)23-21-22-12-13-28-21)16(14-8-4-2-5-9-14)18(24-25)15-10-6-3-7-11-15/h2-13H,1H3,(H,22,23,26). The maximum atomic E-state index is 13.1. The summed E-state index contributed by atoms with van der Waals surface area (Å²) in [5.41, 5.74) is 2.21. The number of hydrogen-bond donors (Lipinski definition) is 1. The maximum Gasteiger partial charge on any atom is 0.280 e. The molecule has 0 bridgehead atoms. The fraction of sp³-hybridized carbons (Fsp3) is 0.0476. The molecule has 1 N–H and O–H groups in total. The Morgan fingerprint density at radius 3 is 2.25 bits per heavy atom. The zero-order valence-electron chi connectivity index (χ0n) is 15.0. The molecule has 0 fully saturated rings. The van der Waals surface area contributed by atoms with Gasteiger partial charge in [0.1, 0.15) is 5.56 Å². The third kappa shape index (κ3) is 3.35. The lowest BCUT2D eigenvalue weighted by Crippen LogP contribution is -2.31. The number of carbonyl (C=O) groups excluding carboxylic acids is 1. The number of aromatic nitrogens is 3. The van der Waals surface area contributed by atoms with E-state index in [0.717, 1.165) is 11.1 Å². The summed E-state index contributed by atoms with van der Waals surface area (Å²) in [4.78, 5) is 30.1. The number of rotatable bonds is 4. The van der Waals surface area contributed by atoms with E-state index in [4.69, 9.17) is 0 Å². The highest BCUT2D eigenvalue weighted by Gasteiger charge is 2.24. The van der Waals surface area contributed by atoms with E-state index in [1.165, 1.54) is 16.0 Å². The number of benzene rings is 2. The normalized spacial score (nSPS) is 10.6. The van der Waals surface area contributed by atoms with Crippen LogP contribution in [0.15, 0.2) is 77.0 Å². The van der Waals surface area contributed by atoms with Gasteiger partial charge in [-0.3, -0.25) is 14.9 Å². The van der Waals surface area contributed by atoms with Crippen LogP contribution in [0.4, 0.5) is 5.13 Å². The Bertz CT molecular complexity index is 1170. The van der Waals surface area contributed by atoms with Gasteiger partial charge < -0.3 is 0 Å². The maximum absolute atomic E-state index is 13.1. The van der Waals surface area contributed by atoms with Gasteiger partial charge in [0.25, 0.3) is 11.5 Å². The highest BCUT2D eigenvalue weighted by molar-refractivity contribution is 7.13. The topological polar surface area (TPSA) is 76.9 Å². The summed E-state index contributed by atoms with van der Waals surface area (Å²) in [6.07, 6.45) is 1.60. The monoisotopic (exact) mass is 388 g/mol. The van der Waals surface area contributed by atoms with Crippen LogP contribution in [0.25, 0.3) is 22.4 Å². The summed E-state index contributed by atoms with van der Waals surface area (Å²) in [6.45, 7) is 0. The molecule has 0 aliphatic rings. The average Bonchev–Trinajstić information content (AvgIpc) is 3.23. The molecule has 6 nitrogen and oxygen atoms in total. The fourth-order valence-electron chi connectivity index (χ4n) is 2.97. The molecule has 4 aromatic rings. The minimum Gasteiger partial charge on any atom is -0.298 e. The second-order valence-corrected chi connectivity index (χ2v) is 6.95. The van der Waals surface area contributed by atoms with Crippen molar-refractivity contribution in [1.82, 2.24) is 14.8 Å². The summed E-state index contributed by atoms with van der Waals surface area (Å²) in [5, 5.41) is 9.39.